The number of hydrogen-bond acceptors (Lipinski definition) is 4. The van der Waals surface area contributed by atoms with Crippen LogP contribution in [0.2, 0.25) is 5.02 Å². The Bertz CT molecular complexity index is 798. The normalized spacial score (nSPS) is 15.2. The molecule has 0 bridgehead atoms. The van der Waals surface area contributed by atoms with Gasteiger partial charge in [0.2, 0.25) is 5.91 Å². The number of amides is 1. The van der Waals surface area contributed by atoms with Gasteiger partial charge in [-0.25, -0.2) is 0 Å². The molecule has 1 unspecified atom stereocenters. The largest absolute Gasteiger partial charge is 0.383 e. The van der Waals surface area contributed by atoms with Crippen LogP contribution < -0.4 is 5.32 Å². The molecule has 1 saturated heterocycles. The molecule has 1 N–H and O–H groups in total. The first kappa shape index (κ1) is 18.2. The van der Waals surface area contributed by atoms with Gasteiger partial charge in [-0.1, -0.05) is 41.9 Å². The summed E-state index contributed by atoms with van der Waals surface area (Å²) in [7, 11) is 0. The van der Waals surface area contributed by atoms with Crippen LogP contribution >= 0.6 is 11.6 Å². The van der Waals surface area contributed by atoms with E-state index in [1.54, 1.807) is 18.2 Å². The molecular formula is C20H20ClN3O2. The van der Waals surface area contributed by atoms with Gasteiger partial charge in [0.25, 0.3) is 0 Å². The monoisotopic (exact) mass is 369 g/mol. The van der Waals surface area contributed by atoms with Crippen molar-refractivity contribution >= 4 is 23.2 Å². The highest BCUT2D eigenvalue weighted by Crippen LogP contribution is 2.24. The molecule has 2 aromatic rings. The molecule has 1 aliphatic rings. The number of benzene rings is 2. The molecule has 1 amide bonds. The maximum absolute atomic E-state index is 13.1. The molecule has 26 heavy (non-hydrogen) atoms. The fraction of sp³-hybridized carbons (Fsp3) is 0.300. The number of anilines is 1. The molecule has 0 radical (unpaired) electrons. The molecule has 6 heteroatoms. The van der Waals surface area contributed by atoms with Gasteiger partial charge in [0.05, 0.1) is 30.4 Å². The number of rotatable bonds is 5. The Morgan fingerprint density at radius 1 is 1.23 bits per heavy atom. The molecular weight excluding hydrogens is 350 g/mol. The van der Waals surface area contributed by atoms with E-state index in [1.807, 2.05) is 35.2 Å². The third-order valence-corrected chi connectivity index (χ3v) is 4.66. The Labute approximate surface area is 158 Å². The summed E-state index contributed by atoms with van der Waals surface area (Å²) in [6.45, 7) is 2.74. The average Bonchev–Trinajstić information content (AvgIpc) is 2.70. The first-order valence-corrected chi connectivity index (χ1v) is 8.92. The Morgan fingerprint density at radius 2 is 1.96 bits per heavy atom. The third-order valence-electron chi connectivity index (χ3n) is 4.42. The van der Waals surface area contributed by atoms with Gasteiger partial charge in [-0.15, -0.1) is 0 Å². The van der Waals surface area contributed by atoms with Crippen molar-refractivity contribution in [2.45, 2.75) is 5.92 Å². The van der Waals surface area contributed by atoms with Crippen LogP contribution in [0.1, 0.15) is 17.0 Å². The van der Waals surface area contributed by atoms with Crippen LogP contribution in [0.4, 0.5) is 5.69 Å². The van der Waals surface area contributed by atoms with Gasteiger partial charge < -0.3 is 15.0 Å². The summed E-state index contributed by atoms with van der Waals surface area (Å²) in [4.78, 5) is 14.9. The van der Waals surface area contributed by atoms with Crippen LogP contribution in [0.3, 0.4) is 0 Å². The second-order valence-corrected chi connectivity index (χ2v) is 6.52. The smallest absolute Gasteiger partial charge is 0.232 e. The maximum Gasteiger partial charge on any atom is 0.232 e. The topological polar surface area (TPSA) is 65.4 Å². The zero-order valence-corrected chi connectivity index (χ0v) is 15.1. The van der Waals surface area contributed by atoms with Gasteiger partial charge in [0, 0.05) is 24.7 Å². The van der Waals surface area contributed by atoms with Crippen molar-refractivity contribution in [3.8, 4) is 6.07 Å². The van der Waals surface area contributed by atoms with Crippen LogP contribution in [0, 0.1) is 11.3 Å². The highest BCUT2D eigenvalue weighted by molar-refractivity contribution is 6.30. The maximum atomic E-state index is 13.1. The summed E-state index contributed by atoms with van der Waals surface area (Å²) < 4.78 is 5.35. The van der Waals surface area contributed by atoms with Gasteiger partial charge in [0.1, 0.15) is 6.07 Å². The average molecular weight is 370 g/mol. The van der Waals surface area contributed by atoms with E-state index in [1.165, 1.54) is 0 Å². The predicted molar refractivity (Wildman–Crippen MR) is 101 cm³/mol. The zero-order chi connectivity index (χ0) is 18.4. The van der Waals surface area contributed by atoms with Gasteiger partial charge in [-0.05, 0) is 23.8 Å². The number of halogens is 1. The molecule has 0 spiro atoms. The SMILES string of the molecule is N#Cc1cc(Cl)ccc1NCC(C(=O)N1CCOCC1)c1ccccc1. The molecule has 0 aliphatic carbocycles. The number of nitrogens with zero attached hydrogens (tertiary/aromatic N) is 2. The van der Waals surface area contributed by atoms with E-state index in [-0.39, 0.29) is 11.8 Å². The van der Waals surface area contributed by atoms with Crippen molar-refractivity contribution in [2.24, 2.45) is 0 Å². The zero-order valence-electron chi connectivity index (χ0n) is 14.3. The fourth-order valence-corrected chi connectivity index (χ4v) is 3.18. The molecule has 1 heterocycles. The quantitative estimate of drug-likeness (QED) is 0.878. The van der Waals surface area contributed by atoms with Crippen molar-refractivity contribution in [1.29, 1.82) is 5.26 Å². The minimum absolute atomic E-state index is 0.0690. The molecule has 134 valence electrons. The van der Waals surface area contributed by atoms with E-state index in [2.05, 4.69) is 11.4 Å². The highest BCUT2D eigenvalue weighted by atomic mass is 35.5. The number of morpholine rings is 1. The number of hydrogen-bond donors (Lipinski definition) is 1. The van der Waals surface area contributed by atoms with E-state index in [0.29, 0.717) is 49.1 Å². The van der Waals surface area contributed by atoms with E-state index < -0.39 is 0 Å². The summed E-state index contributed by atoms with van der Waals surface area (Å²) >= 11 is 5.95. The summed E-state index contributed by atoms with van der Waals surface area (Å²) in [5, 5.41) is 13.1. The van der Waals surface area contributed by atoms with Gasteiger partial charge in [0.15, 0.2) is 0 Å². The molecule has 0 saturated carbocycles. The van der Waals surface area contributed by atoms with Crippen LogP contribution in [0.15, 0.2) is 48.5 Å². The highest BCUT2D eigenvalue weighted by Gasteiger charge is 2.27. The minimum atomic E-state index is -0.337. The van der Waals surface area contributed by atoms with Gasteiger partial charge in [-0.3, -0.25) is 4.79 Å². The van der Waals surface area contributed by atoms with Crippen LogP contribution in [0.5, 0.6) is 0 Å². The molecule has 1 fully saturated rings. The lowest BCUT2D eigenvalue weighted by Gasteiger charge is -2.31. The fourth-order valence-electron chi connectivity index (χ4n) is 3.01. The van der Waals surface area contributed by atoms with Crippen molar-refractivity contribution in [3.05, 3.63) is 64.7 Å². The molecule has 2 aromatic carbocycles. The number of carbonyl (C=O) groups excluding carboxylic acids is 1. The number of carbonyl (C=O) groups is 1. The third kappa shape index (κ3) is 4.34. The molecule has 1 aliphatic heterocycles. The van der Waals surface area contributed by atoms with Crippen molar-refractivity contribution in [2.75, 3.05) is 38.2 Å². The molecule has 3 rings (SSSR count). The van der Waals surface area contributed by atoms with Crippen LogP contribution in [-0.2, 0) is 9.53 Å². The van der Waals surface area contributed by atoms with E-state index in [9.17, 15) is 10.1 Å². The lowest BCUT2D eigenvalue weighted by atomic mass is 9.97. The van der Waals surface area contributed by atoms with Gasteiger partial charge >= 0.3 is 0 Å². The first-order chi connectivity index (χ1) is 12.7. The first-order valence-electron chi connectivity index (χ1n) is 8.54. The second kappa shape index (κ2) is 8.70. The standard InChI is InChI=1S/C20H20ClN3O2/c21-17-6-7-19(16(12-17)13-22)23-14-18(15-4-2-1-3-5-15)20(25)24-8-10-26-11-9-24/h1-7,12,18,23H,8-11,14H2. The number of ether oxygens (including phenoxy) is 1. The molecule has 5 nitrogen and oxygen atoms in total. The van der Waals surface area contributed by atoms with E-state index >= 15 is 0 Å². The summed E-state index contributed by atoms with van der Waals surface area (Å²) in [6, 6.07) is 16.9. The van der Waals surface area contributed by atoms with E-state index in [0.717, 1.165) is 5.56 Å². The van der Waals surface area contributed by atoms with Crippen molar-refractivity contribution in [3.63, 3.8) is 0 Å². The van der Waals surface area contributed by atoms with Gasteiger partial charge in [-0.2, -0.15) is 5.26 Å². The summed E-state index contributed by atoms with van der Waals surface area (Å²) in [5.41, 5.74) is 2.08. The second-order valence-electron chi connectivity index (χ2n) is 6.08. The Hall–Kier alpha value is -2.55. The Morgan fingerprint density at radius 3 is 2.65 bits per heavy atom. The molecule has 0 aromatic heterocycles. The summed E-state index contributed by atoms with van der Waals surface area (Å²) in [6.07, 6.45) is 0. The Balaban J connectivity index is 1.80. The minimum Gasteiger partial charge on any atom is -0.383 e. The van der Waals surface area contributed by atoms with E-state index in [4.69, 9.17) is 16.3 Å². The van der Waals surface area contributed by atoms with Crippen LogP contribution in [0.25, 0.3) is 0 Å². The molecule has 1 atom stereocenters. The Kier molecular flexibility index (Phi) is 6.11. The lowest BCUT2D eigenvalue weighted by Crippen LogP contribution is -2.44. The van der Waals surface area contributed by atoms with Crippen molar-refractivity contribution in [1.82, 2.24) is 4.90 Å². The van der Waals surface area contributed by atoms with Crippen LogP contribution in [-0.4, -0.2) is 43.7 Å². The van der Waals surface area contributed by atoms with Crippen molar-refractivity contribution < 1.29 is 9.53 Å². The predicted octanol–water partition coefficient (Wildman–Crippen LogP) is 3.27. The number of nitriles is 1. The number of nitrogens with one attached hydrogen (secondary N) is 1. The lowest BCUT2D eigenvalue weighted by molar-refractivity contribution is -0.136. The summed E-state index contributed by atoms with van der Waals surface area (Å²) in [5.74, 6) is -0.268.